The van der Waals surface area contributed by atoms with Gasteiger partial charge in [0.05, 0.1) is 13.7 Å². The second kappa shape index (κ2) is 5.46. The summed E-state index contributed by atoms with van der Waals surface area (Å²) in [4.78, 5) is 11.2. The van der Waals surface area contributed by atoms with Gasteiger partial charge in [-0.3, -0.25) is 0 Å². The van der Waals surface area contributed by atoms with Gasteiger partial charge in [-0.2, -0.15) is 0 Å². The van der Waals surface area contributed by atoms with Crippen LogP contribution in [0, 0.1) is 5.82 Å². The number of methoxy groups -OCH3 is 1. The molecular formula is C11H13FO4. The summed E-state index contributed by atoms with van der Waals surface area (Å²) in [5.74, 6) is -1.35. The van der Waals surface area contributed by atoms with Crippen LogP contribution in [-0.4, -0.2) is 24.8 Å². The SMILES string of the molecule is CCOC(=O)C(O)c1ccc(F)c(OC)c1. The Hall–Kier alpha value is -1.62. The van der Waals surface area contributed by atoms with E-state index in [1.165, 1.54) is 19.2 Å². The van der Waals surface area contributed by atoms with Crippen molar-refractivity contribution in [3.05, 3.63) is 29.6 Å². The Bertz CT molecular complexity index is 378. The highest BCUT2D eigenvalue weighted by Gasteiger charge is 2.19. The molecule has 16 heavy (non-hydrogen) atoms. The zero-order chi connectivity index (χ0) is 12.1. The Kier molecular flexibility index (Phi) is 4.25. The average molecular weight is 228 g/mol. The van der Waals surface area contributed by atoms with E-state index in [9.17, 15) is 14.3 Å². The minimum atomic E-state index is -1.42. The maximum absolute atomic E-state index is 13.1. The van der Waals surface area contributed by atoms with E-state index in [1.807, 2.05) is 0 Å². The van der Waals surface area contributed by atoms with Crippen LogP contribution in [-0.2, 0) is 9.53 Å². The van der Waals surface area contributed by atoms with Crippen LogP contribution in [0.2, 0.25) is 0 Å². The summed E-state index contributed by atoms with van der Waals surface area (Å²) in [7, 11) is 1.30. The van der Waals surface area contributed by atoms with Gasteiger partial charge in [-0.25, -0.2) is 9.18 Å². The third-order valence-corrected chi connectivity index (χ3v) is 2.00. The number of halogens is 1. The van der Waals surface area contributed by atoms with Gasteiger partial charge in [-0.05, 0) is 24.6 Å². The molecule has 5 heteroatoms. The van der Waals surface area contributed by atoms with Crippen molar-refractivity contribution in [2.75, 3.05) is 13.7 Å². The highest BCUT2D eigenvalue weighted by molar-refractivity contribution is 5.76. The van der Waals surface area contributed by atoms with E-state index < -0.39 is 17.9 Å². The molecule has 0 saturated carbocycles. The Morgan fingerprint density at radius 1 is 1.56 bits per heavy atom. The fourth-order valence-electron chi connectivity index (χ4n) is 1.20. The number of hydrogen-bond donors (Lipinski definition) is 1. The quantitative estimate of drug-likeness (QED) is 0.792. The molecule has 0 fully saturated rings. The molecule has 0 aliphatic carbocycles. The maximum atomic E-state index is 13.1. The van der Waals surface area contributed by atoms with E-state index in [4.69, 9.17) is 4.74 Å². The second-order valence-corrected chi connectivity index (χ2v) is 3.05. The zero-order valence-corrected chi connectivity index (χ0v) is 9.07. The maximum Gasteiger partial charge on any atom is 0.339 e. The minimum absolute atomic E-state index is 0.0270. The smallest absolute Gasteiger partial charge is 0.339 e. The van der Waals surface area contributed by atoms with E-state index in [1.54, 1.807) is 6.92 Å². The normalized spacial score (nSPS) is 12.0. The lowest BCUT2D eigenvalue weighted by molar-refractivity contribution is -0.153. The van der Waals surface area contributed by atoms with Gasteiger partial charge in [0.15, 0.2) is 17.7 Å². The molecule has 1 atom stereocenters. The number of benzene rings is 1. The Balaban J connectivity index is 2.91. The van der Waals surface area contributed by atoms with Crippen molar-refractivity contribution in [1.29, 1.82) is 0 Å². The standard InChI is InChI=1S/C11H13FO4/c1-3-16-11(14)10(13)7-4-5-8(12)9(6-7)15-2/h4-6,10,13H,3H2,1-2H3. The van der Waals surface area contributed by atoms with Crippen molar-refractivity contribution in [2.45, 2.75) is 13.0 Å². The molecule has 0 radical (unpaired) electrons. The van der Waals surface area contributed by atoms with Crippen LogP contribution < -0.4 is 4.74 Å². The van der Waals surface area contributed by atoms with Crippen LogP contribution in [0.5, 0.6) is 5.75 Å². The predicted octanol–water partition coefficient (Wildman–Crippen LogP) is 1.43. The molecule has 0 saturated heterocycles. The Morgan fingerprint density at radius 3 is 2.81 bits per heavy atom. The summed E-state index contributed by atoms with van der Waals surface area (Å²) in [5.41, 5.74) is 0.233. The van der Waals surface area contributed by atoms with Crippen LogP contribution in [0.4, 0.5) is 4.39 Å². The number of esters is 1. The fraction of sp³-hybridized carbons (Fsp3) is 0.364. The minimum Gasteiger partial charge on any atom is -0.494 e. The van der Waals surface area contributed by atoms with Crippen LogP contribution in [0.1, 0.15) is 18.6 Å². The molecule has 0 aromatic heterocycles. The van der Waals surface area contributed by atoms with E-state index in [2.05, 4.69) is 4.74 Å². The summed E-state index contributed by atoms with van der Waals surface area (Å²) in [5, 5.41) is 9.58. The summed E-state index contributed by atoms with van der Waals surface area (Å²) < 4.78 is 22.4. The van der Waals surface area contributed by atoms with Gasteiger partial charge in [0.2, 0.25) is 0 Å². The first-order chi connectivity index (χ1) is 7.60. The lowest BCUT2D eigenvalue weighted by Gasteiger charge is -2.11. The van der Waals surface area contributed by atoms with Gasteiger partial charge in [0.25, 0.3) is 0 Å². The van der Waals surface area contributed by atoms with Crippen molar-refractivity contribution in [3.63, 3.8) is 0 Å². The summed E-state index contributed by atoms with van der Waals surface area (Å²) in [6, 6.07) is 3.69. The monoisotopic (exact) mass is 228 g/mol. The number of rotatable bonds is 4. The number of carbonyl (C=O) groups is 1. The summed E-state index contributed by atoms with van der Waals surface area (Å²) in [6.07, 6.45) is -1.42. The summed E-state index contributed by atoms with van der Waals surface area (Å²) in [6.45, 7) is 1.81. The van der Waals surface area contributed by atoms with E-state index >= 15 is 0 Å². The first kappa shape index (κ1) is 12.4. The van der Waals surface area contributed by atoms with Gasteiger partial charge in [-0.1, -0.05) is 6.07 Å². The van der Waals surface area contributed by atoms with Crippen molar-refractivity contribution in [2.24, 2.45) is 0 Å². The topological polar surface area (TPSA) is 55.8 Å². The van der Waals surface area contributed by atoms with Crippen molar-refractivity contribution in [1.82, 2.24) is 0 Å². The highest BCUT2D eigenvalue weighted by Crippen LogP contribution is 2.23. The number of hydrogen-bond acceptors (Lipinski definition) is 4. The molecule has 0 amide bonds. The average Bonchev–Trinajstić information content (AvgIpc) is 2.29. The number of carbonyl (C=O) groups excluding carboxylic acids is 1. The molecule has 0 heterocycles. The predicted molar refractivity (Wildman–Crippen MR) is 54.5 cm³/mol. The molecule has 88 valence electrons. The molecule has 1 N–H and O–H groups in total. The summed E-state index contributed by atoms with van der Waals surface area (Å²) >= 11 is 0. The van der Waals surface area contributed by atoms with Crippen molar-refractivity contribution >= 4 is 5.97 Å². The molecule has 1 aromatic carbocycles. The van der Waals surface area contributed by atoms with Gasteiger partial charge in [0, 0.05) is 0 Å². The molecule has 1 rings (SSSR count). The van der Waals surface area contributed by atoms with Gasteiger partial charge in [-0.15, -0.1) is 0 Å². The Labute approximate surface area is 92.6 Å². The van der Waals surface area contributed by atoms with Crippen molar-refractivity contribution in [3.8, 4) is 5.75 Å². The van der Waals surface area contributed by atoms with E-state index in [0.717, 1.165) is 6.07 Å². The van der Waals surface area contributed by atoms with E-state index in [0.29, 0.717) is 0 Å². The zero-order valence-electron chi connectivity index (χ0n) is 9.07. The van der Waals surface area contributed by atoms with Crippen LogP contribution >= 0.6 is 0 Å². The van der Waals surface area contributed by atoms with Gasteiger partial charge >= 0.3 is 5.97 Å². The first-order valence-electron chi connectivity index (χ1n) is 4.78. The van der Waals surface area contributed by atoms with E-state index in [-0.39, 0.29) is 17.9 Å². The molecule has 4 nitrogen and oxygen atoms in total. The number of aliphatic hydroxyl groups is 1. The van der Waals surface area contributed by atoms with Crippen LogP contribution in [0.25, 0.3) is 0 Å². The lowest BCUT2D eigenvalue weighted by Crippen LogP contribution is -2.15. The van der Waals surface area contributed by atoms with Crippen molar-refractivity contribution < 1.29 is 23.8 Å². The number of ether oxygens (including phenoxy) is 2. The fourth-order valence-corrected chi connectivity index (χ4v) is 1.20. The van der Waals surface area contributed by atoms with Gasteiger partial charge in [0.1, 0.15) is 0 Å². The first-order valence-corrected chi connectivity index (χ1v) is 4.78. The molecular weight excluding hydrogens is 215 g/mol. The molecule has 1 aromatic rings. The molecule has 0 aliphatic rings. The lowest BCUT2D eigenvalue weighted by atomic mass is 10.1. The molecule has 0 bridgehead atoms. The molecule has 0 aliphatic heterocycles. The molecule has 0 spiro atoms. The molecule has 1 unspecified atom stereocenters. The van der Waals surface area contributed by atoms with Crippen LogP contribution in [0.15, 0.2) is 18.2 Å². The third-order valence-electron chi connectivity index (χ3n) is 2.00. The highest BCUT2D eigenvalue weighted by atomic mass is 19.1. The third kappa shape index (κ3) is 2.70. The largest absolute Gasteiger partial charge is 0.494 e. The second-order valence-electron chi connectivity index (χ2n) is 3.05. The number of aliphatic hydroxyl groups excluding tert-OH is 1. The van der Waals surface area contributed by atoms with Gasteiger partial charge < -0.3 is 14.6 Å². The van der Waals surface area contributed by atoms with Crippen LogP contribution in [0.3, 0.4) is 0 Å². The Morgan fingerprint density at radius 2 is 2.25 bits per heavy atom.